The van der Waals surface area contributed by atoms with Crippen molar-refractivity contribution in [3.63, 3.8) is 0 Å². The summed E-state index contributed by atoms with van der Waals surface area (Å²) in [6.45, 7) is 0. The largest absolute Gasteiger partial charge is 0.0839 e. The van der Waals surface area contributed by atoms with Crippen molar-refractivity contribution in [2.45, 2.75) is 25.7 Å². The van der Waals surface area contributed by atoms with E-state index in [1.165, 1.54) is 25.7 Å². The molecule has 0 nitrogen and oxygen atoms in total. The highest BCUT2D eigenvalue weighted by atomic mass is 14.2. The van der Waals surface area contributed by atoms with Gasteiger partial charge in [0.1, 0.15) is 0 Å². The maximum Gasteiger partial charge on any atom is -0.00584 e. The van der Waals surface area contributed by atoms with Crippen molar-refractivity contribution in [1.82, 2.24) is 0 Å². The molecule has 0 N–H and O–H groups in total. The van der Waals surface area contributed by atoms with Crippen molar-refractivity contribution in [1.29, 1.82) is 0 Å². The second-order valence-electron chi connectivity index (χ2n) is 4.59. The Kier molecular flexibility index (Phi) is 2.21. The standard InChI is InChI=1S/C15H16/c1-3-7-14-11-15-8-4-2-6-13(15)10-9-12(14)5-1/h1-5,7-8,13H,6,9-11H2/t13-/m0/s1. The topological polar surface area (TPSA) is 0 Å². The lowest BCUT2D eigenvalue weighted by Crippen LogP contribution is -2.06. The van der Waals surface area contributed by atoms with Crippen LogP contribution in [-0.2, 0) is 12.8 Å². The van der Waals surface area contributed by atoms with Gasteiger partial charge >= 0.3 is 0 Å². The van der Waals surface area contributed by atoms with Crippen molar-refractivity contribution in [2.24, 2.45) is 5.92 Å². The molecular weight excluding hydrogens is 180 g/mol. The van der Waals surface area contributed by atoms with Crippen molar-refractivity contribution in [3.05, 3.63) is 59.2 Å². The third kappa shape index (κ3) is 1.65. The summed E-state index contributed by atoms with van der Waals surface area (Å²) in [6.07, 6.45) is 11.9. The highest BCUT2D eigenvalue weighted by molar-refractivity contribution is 5.36. The number of fused-ring (bicyclic) bond motifs is 2. The van der Waals surface area contributed by atoms with Crippen LogP contribution in [0.2, 0.25) is 0 Å². The van der Waals surface area contributed by atoms with Gasteiger partial charge in [0.05, 0.1) is 0 Å². The summed E-state index contributed by atoms with van der Waals surface area (Å²) in [5, 5.41) is 0. The normalized spacial score (nSPS) is 23.7. The summed E-state index contributed by atoms with van der Waals surface area (Å²) in [5.41, 5.74) is 4.75. The van der Waals surface area contributed by atoms with Crippen molar-refractivity contribution in [2.75, 3.05) is 0 Å². The Hall–Kier alpha value is -1.30. The molecule has 0 saturated heterocycles. The predicted molar refractivity (Wildman–Crippen MR) is 63.8 cm³/mol. The Bertz CT molecular complexity index is 423. The van der Waals surface area contributed by atoms with Gasteiger partial charge in [-0.3, -0.25) is 0 Å². The van der Waals surface area contributed by atoms with E-state index in [0.29, 0.717) is 0 Å². The molecule has 0 saturated carbocycles. The van der Waals surface area contributed by atoms with E-state index in [2.05, 4.69) is 42.5 Å². The molecule has 3 rings (SSSR count). The van der Waals surface area contributed by atoms with E-state index in [1.807, 2.05) is 0 Å². The summed E-state index contributed by atoms with van der Waals surface area (Å²) >= 11 is 0. The van der Waals surface area contributed by atoms with Gasteiger partial charge in [0.15, 0.2) is 0 Å². The lowest BCUT2D eigenvalue weighted by atomic mass is 9.87. The van der Waals surface area contributed by atoms with Gasteiger partial charge in [-0.2, -0.15) is 0 Å². The molecule has 15 heavy (non-hydrogen) atoms. The van der Waals surface area contributed by atoms with Crippen molar-refractivity contribution < 1.29 is 0 Å². The Balaban J connectivity index is 1.99. The van der Waals surface area contributed by atoms with Crippen LogP contribution in [0.25, 0.3) is 0 Å². The fraction of sp³-hybridized carbons (Fsp3) is 0.333. The second-order valence-corrected chi connectivity index (χ2v) is 4.59. The number of rotatable bonds is 0. The molecule has 2 aliphatic carbocycles. The summed E-state index contributed by atoms with van der Waals surface area (Å²) in [7, 11) is 0. The third-order valence-electron chi connectivity index (χ3n) is 3.67. The van der Waals surface area contributed by atoms with Crippen LogP contribution in [0.5, 0.6) is 0 Å². The van der Waals surface area contributed by atoms with E-state index >= 15 is 0 Å². The lowest BCUT2D eigenvalue weighted by Gasteiger charge is -2.18. The minimum absolute atomic E-state index is 0.808. The van der Waals surface area contributed by atoms with Gasteiger partial charge in [-0.1, -0.05) is 48.1 Å². The number of aryl methyl sites for hydroxylation is 1. The number of hydrogen-bond donors (Lipinski definition) is 0. The van der Waals surface area contributed by atoms with Gasteiger partial charge in [-0.05, 0) is 42.7 Å². The highest BCUT2D eigenvalue weighted by Gasteiger charge is 2.20. The van der Waals surface area contributed by atoms with Crippen LogP contribution in [0.3, 0.4) is 0 Å². The van der Waals surface area contributed by atoms with Gasteiger partial charge in [-0.15, -0.1) is 0 Å². The molecule has 0 unspecified atom stereocenters. The Morgan fingerprint density at radius 1 is 1.07 bits per heavy atom. The quantitative estimate of drug-likeness (QED) is 0.594. The van der Waals surface area contributed by atoms with Crippen molar-refractivity contribution >= 4 is 0 Å². The first-order chi connectivity index (χ1) is 7.43. The first kappa shape index (κ1) is 8.96. The van der Waals surface area contributed by atoms with Crippen molar-refractivity contribution in [3.8, 4) is 0 Å². The fourth-order valence-corrected chi connectivity index (χ4v) is 2.75. The Morgan fingerprint density at radius 3 is 2.87 bits per heavy atom. The summed E-state index contributed by atoms with van der Waals surface area (Å²) < 4.78 is 0. The van der Waals surface area contributed by atoms with Gasteiger partial charge < -0.3 is 0 Å². The van der Waals surface area contributed by atoms with E-state index in [4.69, 9.17) is 0 Å². The minimum atomic E-state index is 0.808. The average molecular weight is 196 g/mol. The first-order valence-corrected chi connectivity index (χ1v) is 5.86. The molecule has 0 spiro atoms. The molecule has 0 radical (unpaired) electrons. The van der Waals surface area contributed by atoms with Crippen LogP contribution in [-0.4, -0.2) is 0 Å². The van der Waals surface area contributed by atoms with Crippen LogP contribution in [0.1, 0.15) is 24.0 Å². The molecule has 0 aromatic heterocycles. The van der Waals surface area contributed by atoms with E-state index in [0.717, 1.165) is 5.92 Å². The third-order valence-corrected chi connectivity index (χ3v) is 3.67. The predicted octanol–water partition coefficient (Wildman–Crippen LogP) is 3.68. The molecule has 0 heteroatoms. The summed E-state index contributed by atoms with van der Waals surface area (Å²) in [5.74, 6) is 0.808. The maximum atomic E-state index is 2.33. The van der Waals surface area contributed by atoms with Gasteiger partial charge in [-0.25, -0.2) is 0 Å². The Morgan fingerprint density at radius 2 is 1.93 bits per heavy atom. The molecule has 0 amide bonds. The summed E-state index contributed by atoms with van der Waals surface area (Å²) in [4.78, 5) is 0. The molecule has 0 fully saturated rings. The molecular formula is C15H16. The van der Waals surface area contributed by atoms with Crippen LogP contribution in [0.15, 0.2) is 48.1 Å². The van der Waals surface area contributed by atoms with E-state index < -0.39 is 0 Å². The first-order valence-electron chi connectivity index (χ1n) is 5.86. The van der Waals surface area contributed by atoms with Gasteiger partial charge in [0, 0.05) is 0 Å². The monoisotopic (exact) mass is 196 g/mol. The van der Waals surface area contributed by atoms with E-state index in [-0.39, 0.29) is 0 Å². The Labute approximate surface area is 91.3 Å². The zero-order chi connectivity index (χ0) is 10.1. The zero-order valence-corrected chi connectivity index (χ0v) is 8.95. The zero-order valence-electron chi connectivity index (χ0n) is 8.95. The molecule has 1 aromatic rings. The van der Waals surface area contributed by atoms with E-state index in [1.54, 1.807) is 16.7 Å². The van der Waals surface area contributed by atoms with E-state index in [9.17, 15) is 0 Å². The highest BCUT2D eigenvalue weighted by Crippen LogP contribution is 2.32. The number of hydrogen-bond acceptors (Lipinski definition) is 0. The minimum Gasteiger partial charge on any atom is -0.0839 e. The van der Waals surface area contributed by atoms with Crippen LogP contribution < -0.4 is 0 Å². The maximum absolute atomic E-state index is 2.33. The molecule has 76 valence electrons. The van der Waals surface area contributed by atoms with Crippen LogP contribution in [0.4, 0.5) is 0 Å². The second kappa shape index (κ2) is 3.69. The van der Waals surface area contributed by atoms with Gasteiger partial charge in [0.2, 0.25) is 0 Å². The SMILES string of the molecule is C1=CC[C@H]2CCc3ccccc3CC2=C1. The van der Waals surface area contributed by atoms with Crippen LogP contribution >= 0.6 is 0 Å². The van der Waals surface area contributed by atoms with Gasteiger partial charge in [0.25, 0.3) is 0 Å². The summed E-state index contributed by atoms with van der Waals surface area (Å²) in [6, 6.07) is 8.91. The lowest BCUT2D eigenvalue weighted by molar-refractivity contribution is 0.564. The fourth-order valence-electron chi connectivity index (χ4n) is 2.75. The smallest absolute Gasteiger partial charge is 0.00584 e. The molecule has 0 aliphatic heterocycles. The number of benzene rings is 1. The number of allylic oxidation sites excluding steroid dienone is 4. The molecule has 0 heterocycles. The average Bonchev–Trinajstić information content (AvgIpc) is 2.48. The molecule has 1 aromatic carbocycles. The van der Waals surface area contributed by atoms with Crippen LogP contribution in [0, 0.1) is 5.92 Å². The molecule has 2 aliphatic rings. The molecule has 1 atom stereocenters. The molecule has 0 bridgehead atoms.